The molecule has 0 radical (unpaired) electrons. The molecule has 6 heteroatoms. The van der Waals surface area contributed by atoms with Crippen molar-refractivity contribution in [2.24, 2.45) is 11.8 Å². The quantitative estimate of drug-likeness (QED) is 0.664. The molecule has 1 fully saturated rings. The minimum Gasteiger partial charge on any atom is -0.494 e. The Balaban J connectivity index is 1.69. The fraction of sp³-hybridized carbons (Fsp3) is 0.611. The first-order chi connectivity index (χ1) is 11.4. The van der Waals surface area contributed by atoms with Crippen molar-refractivity contribution in [3.63, 3.8) is 0 Å². The first-order valence-electron chi connectivity index (χ1n) is 8.38. The van der Waals surface area contributed by atoms with Crippen LogP contribution in [0.1, 0.15) is 50.5 Å². The zero-order chi connectivity index (χ0) is 17.6. The lowest BCUT2D eigenvalue weighted by Gasteiger charge is -2.17. The van der Waals surface area contributed by atoms with Crippen molar-refractivity contribution < 1.29 is 27.8 Å². The summed E-state index contributed by atoms with van der Waals surface area (Å²) in [5.41, 5.74) is -0.706. The van der Waals surface area contributed by atoms with E-state index < -0.39 is 17.7 Å². The van der Waals surface area contributed by atoms with Crippen molar-refractivity contribution >= 4 is 5.97 Å². The zero-order valence-corrected chi connectivity index (χ0v) is 13.5. The fourth-order valence-electron chi connectivity index (χ4n) is 3.45. The summed E-state index contributed by atoms with van der Waals surface area (Å²) in [5.74, 6) is 0.218. The van der Waals surface area contributed by atoms with Crippen LogP contribution >= 0.6 is 0 Å². The van der Waals surface area contributed by atoms with E-state index in [1.807, 2.05) is 0 Å². The molecule has 134 valence electrons. The minimum atomic E-state index is -4.36. The molecular weight excluding hydrogens is 321 g/mol. The number of carboxylic acid groups (broad SMARTS) is 1. The van der Waals surface area contributed by atoms with E-state index in [2.05, 4.69) is 0 Å². The minimum absolute atomic E-state index is 0.231. The maximum absolute atomic E-state index is 12.6. The second-order valence-electron chi connectivity index (χ2n) is 6.42. The van der Waals surface area contributed by atoms with Crippen molar-refractivity contribution in [2.45, 2.75) is 51.1 Å². The zero-order valence-electron chi connectivity index (χ0n) is 13.5. The van der Waals surface area contributed by atoms with Gasteiger partial charge in [-0.1, -0.05) is 25.3 Å². The number of unbranched alkanes of at least 4 members (excludes halogenated alkanes) is 1. The average Bonchev–Trinajstić information content (AvgIpc) is 2.93. The Labute approximate surface area is 139 Å². The summed E-state index contributed by atoms with van der Waals surface area (Å²) >= 11 is 0. The summed E-state index contributed by atoms with van der Waals surface area (Å²) in [6, 6.07) is 4.90. The van der Waals surface area contributed by atoms with Gasteiger partial charge in [0.25, 0.3) is 0 Å². The molecule has 0 bridgehead atoms. The smallest absolute Gasteiger partial charge is 0.416 e. The number of benzene rings is 1. The average molecular weight is 344 g/mol. The normalized spacial score (nSPS) is 21.0. The van der Waals surface area contributed by atoms with E-state index in [4.69, 9.17) is 9.84 Å². The predicted octanol–water partition coefficient (Wildman–Crippen LogP) is 5.15. The second-order valence-corrected chi connectivity index (χ2v) is 6.42. The molecule has 2 atom stereocenters. The lowest BCUT2D eigenvalue weighted by atomic mass is 9.89. The van der Waals surface area contributed by atoms with Crippen LogP contribution in [0, 0.1) is 11.8 Å². The van der Waals surface area contributed by atoms with Gasteiger partial charge in [0.2, 0.25) is 0 Å². The van der Waals surface area contributed by atoms with Gasteiger partial charge in [-0.2, -0.15) is 13.2 Å². The molecule has 0 aliphatic heterocycles. The summed E-state index contributed by atoms with van der Waals surface area (Å²) in [4.78, 5) is 10.8. The molecule has 1 aliphatic carbocycles. The van der Waals surface area contributed by atoms with Crippen LogP contribution in [-0.2, 0) is 11.0 Å². The maximum atomic E-state index is 12.6. The van der Waals surface area contributed by atoms with Crippen molar-refractivity contribution in [1.82, 2.24) is 0 Å². The van der Waals surface area contributed by atoms with E-state index in [1.54, 1.807) is 0 Å². The highest BCUT2D eigenvalue weighted by atomic mass is 19.4. The van der Waals surface area contributed by atoms with Gasteiger partial charge in [0.15, 0.2) is 0 Å². The van der Waals surface area contributed by atoms with Gasteiger partial charge in [-0.25, -0.2) is 0 Å². The molecule has 0 aromatic heterocycles. The standard InChI is InChI=1S/C18H23F3O3/c19-18(20,21)15-8-4-9-16(12-15)24-10-2-1-5-13-6-3-7-14(13)11-17(22)23/h4,8-9,12-14H,1-3,5-7,10-11H2,(H,22,23)/t13?,14-/m1/s1. The molecule has 3 nitrogen and oxygen atoms in total. The van der Waals surface area contributed by atoms with Crippen LogP contribution in [-0.4, -0.2) is 17.7 Å². The molecule has 1 aromatic carbocycles. The number of carboxylic acids is 1. The third kappa shape index (κ3) is 5.73. The van der Waals surface area contributed by atoms with Crippen molar-refractivity contribution in [3.05, 3.63) is 29.8 Å². The molecule has 1 aromatic rings. The highest BCUT2D eigenvalue weighted by molar-refractivity contribution is 5.67. The van der Waals surface area contributed by atoms with Crippen LogP contribution in [0.25, 0.3) is 0 Å². The highest BCUT2D eigenvalue weighted by Crippen LogP contribution is 2.37. The lowest BCUT2D eigenvalue weighted by molar-refractivity contribution is -0.139. The van der Waals surface area contributed by atoms with Crippen LogP contribution in [0.15, 0.2) is 24.3 Å². The van der Waals surface area contributed by atoms with Gasteiger partial charge in [-0.15, -0.1) is 0 Å². The SMILES string of the molecule is O=C(O)C[C@H]1CCCC1CCCCOc1cccc(C(F)(F)F)c1. The van der Waals surface area contributed by atoms with Gasteiger partial charge in [-0.3, -0.25) is 4.79 Å². The molecule has 1 N–H and O–H groups in total. The van der Waals surface area contributed by atoms with E-state index in [0.717, 1.165) is 50.7 Å². The summed E-state index contributed by atoms with van der Waals surface area (Å²) in [6.45, 7) is 0.373. The van der Waals surface area contributed by atoms with Gasteiger partial charge >= 0.3 is 12.1 Å². The molecule has 0 spiro atoms. The van der Waals surface area contributed by atoms with E-state index in [0.29, 0.717) is 12.5 Å². The number of alkyl halides is 3. The lowest BCUT2D eigenvalue weighted by Crippen LogP contribution is -2.13. The molecule has 1 unspecified atom stereocenters. The van der Waals surface area contributed by atoms with E-state index >= 15 is 0 Å². The number of rotatable bonds is 8. The summed E-state index contributed by atoms with van der Waals surface area (Å²) in [5, 5.41) is 8.91. The Morgan fingerprint density at radius 1 is 1.21 bits per heavy atom. The Morgan fingerprint density at radius 3 is 2.67 bits per heavy atom. The van der Waals surface area contributed by atoms with Crippen LogP contribution in [0.3, 0.4) is 0 Å². The number of hydrogen-bond acceptors (Lipinski definition) is 2. The Kier molecular flexibility index (Phi) is 6.52. The number of hydrogen-bond donors (Lipinski definition) is 1. The largest absolute Gasteiger partial charge is 0.494 e. The van der Waals surface area contributed by atoms with Crippen molar-refractivity contribution in [2.75, 3.05) is 6.61 Å². The molecule has 1 saturated carbocycles. The van der Waals surface area contributed by atoms with Crippen molar-refractivity contribution in [3.8, 4) is 5.75 Å². The van der Waals surface area contributed by atoms with Gasteiger partial charge in [0, 0.05) is 6.42 Å². The molecule has 1 aliphatic rings. The number of aliphatic carboxylic acids is 1. The first kappa shape index (κ1) is 18.6. The predicted molar refractivity (Wildman–Crippen MR) is 83.9 cm³/mol. The van der Waals surface area contributed by atoms with Crippen LogP contribution < -0.4 is 4.74 Å². The van der Waals surface area contributed by atoms with Crippen LogP contribution in [0.2, 0.25) is 0 Å². The van der Waals surface area contributed by atoms with Crippen LogP contribution in [0.4, 0.5) is 13.2 Å². The summed E-state index contributed by atoms with van der Waals surface area (Å²) < 4.78 is 43.2. The third-order valence-electron chi connectivity index (χ3n) is 4.65. The monoisotopic (exact) mass is 344 g/mol. The van der Waals surface area contributed by atoms with E-state index in [9.17, 15) is 18.0 Å². The number of carbonyl (C=O) groups is 1. The van der Waals surface area contributed by atoms with Gasteiger partial charge < -0.3 is 9.84 Å². The Hall–Kier alpha value is -1.72. The van der Waals surface area contributed by atoms with Gasteiger partial charge in [-0.05, 0) is 49.3 Å². The summed E-state index contributed by atoms with van der Waals surface area (Å²) in [6.07, 6.45) is 1.65. The molecule has 2 rings (SSSR count). The molecule has 0 amide bonds. The van der Waals surface area contributed by atoms with Gasteiger partial charge in [0.1, 0.15) is 5.75 Å². The van der Waals surface area contributed by atoms with E-state index in [-0.39, 0.29) is 18.1 Å². The molecule has 0 heterocycles. The molecular formula is C18H23F3O3. The molecule has 0 saturated heterocycles. The number of ether oxygens (including phenoxy) is 1. The Bertz CT molecular complexity index is 543. The third-order valence-corrected chi connectivity index (χ3v) is 4.65. The van der Waals surface area contributed by atoms with E-state index in [1.165, 1.54) is 12.1 Å². The maximum Gasteiger partial charge on any atom is 0.416 e. The first-order valence-corrected chi connectivity index (χ1v) is 8.38. The second kappa shape index (κ2) is 8.40. The highest BCUT2D eigenvalue weighted by Gasteiger charge is 2.30. The van der Waals surface area contributed by atoms with Crippen LogP contribution in [0.5, 0.6) is 5.75 Å². The van der Waals surface area contributed by atoms with Gasteiger partial charge in [0.05, 0.1) is 12.2 Å². The Morgan fingerprint density at radius 2 is 1.96 bits per heavy atom. The van der Waals surface area contributed by atoms with Crippen molar-refractivity contribution in [1.29, 1.82) is 0 Å². The summed E-state index contributed by atoms with van der Waals surface area (Å²) in [7, 11) is 0. The topological polar surface area (TPSA) is 46.5 Å². The fourth-order valence-corrected chi connectivity index (χ4v) is 3.45. The molecule has 24 heavy (non-hydrogen) atoms. The number of halogens is 3.